The van der Waals surface area contributed by atoms with E-state index >= 15 is 0 Å². The molecule has 5 fully saturated rings. The molecule has 1 aliphatic carbocycles. The molecule has 1 saturated carbocycles. The number of benzene rings is 2. The average Bonchev–Trinajstić information content (AvgIpc) is 4.04. The predicted octanol–water partition coefficient (Wildman–Crippen LogP) is 5.63. The van der Waals surface area contributed by atoms with Crippen LogP contribution in [0.1, 0.15) is 107 Å². The van der Waals surface area contributed by atoms with E-state index in [9.17, 15) is 24.6 Å². The number of nitrogens with zero attached hydrogens (tertiary/aromatic N) is 9. The quantitative estimate of drug-likeness (QED) is 0.0889. The third kappa shape index (κ3) is 10.5. The number of β-amino-alcohol motifs (C(OH)–C–C–N with tert-alkyl or cyclic N) is 1. The maximum absolute atomic E-state index is 14.4. The van der Waals surface area contributed by atoms with Gasteiger partial charge in [0.15, 0.2) is 5.82 Å². The molecular formula is C55H71N13O5. The first-order valence-electron chi connectivity index (χ1n) is 26.3. The number of phenols is 1. The van der Waals surface area contributed by atoms with Crippen molar-refractivity contribution >= 4 is 35.2 Å². The van der Waals surface area contributed by atoms with Crippen molar-refractivity contribution in [3.8, 4) is 28.1 Å². The normalized spacial score (nSPS) is 24.2. The number of hydrogen-bond donors (Lipinski definition) is 6. The third-order valence-electron chi connectivity index (χ3n) is 16.4. The molecule has 3 amide bonds. The van der Waals surface area contributed by atoms with Gasteiger partial charge in [-0.05, 0) is 125 Å². The zero-order chi connectivity index (χ0) is 51.1. The smallest absolute Gasteiger partial charge is 0.246 e. The number of nitrogens with two attached hydrogens (primary N) is 1. The van der Waals surface area contributed by atoms with Gasteiger partial charge in [-0.1, -0.05) is 57.2 Å². The van der Waals surface area contributed by atoms with E-state index in [-0.39, 0.29) is 61.0 Å². The molecule has 3 aromatic heterocycles. The summed E-state index contributed by atoms with van der Waals surface area (Å²) in [4.78, 5) is 60.7. The number of piperidine rings is 1. The molecule has 0 radical (unpaired) electrons. The summed E-state index contributed by atoms with van der Waals surface area (Å²) in [7, 11) is 0. The van der Waals surface area contributed by atoms with Crippen LogP contribution >= 0.6 is 0 Å². The number of para-hydroxylation sites is 1. The summed E-state index contributed by atoms with van der Waals surface area (Å²) in [6.45, 7) is 13.5. The Hall–Kier alpha value is -6.66. The molecular weight excluding hydrogens is 923 g/mol. The summed E-state index contributed by atoms with van der Waals surface area (Å²) in [6, 6.07) is 16.2. The molecule has 7 heterocycles. The molecule has 2 aromatic carbocycles. The van der Waals surface area contributed by atoms with Crippen LogP contribution in [-0.2, 0) is 20.9 Å². The van der Waals surface area contributed by atoms with Gasteiger partial charge >= 0.3 is 0 Å². The molecule has 4 saturated heterocycles. The van der Waals surface area contributed by atoms with Gasteiger partial charge in [-0.15, -0.1) is 10.2 Å². The number of anilines is 3. The number of aromatic hydroxyl groups is 1. The molecule has 0 spiro atoms. The number of H-pyrrole nitrogens is 1. The fourth-order valence-corrected chi connectivity index (χ4v) is 12.3. The number of piperazine rings is 1. The maximum Gasteiger partial charge on any atom is 0.246 e. The van der Waals surface area contributed by atoms with Gasteiger partial charge in [0, 0.05) is 85.9 Å². The Labute approximate surface area is 427 Å². The number of amides is 3. The number of aryl methyl sites for hydroxylation is 2. The second kappa shape index (κ2) is 20.7. The monoisotopic (exact) mass is 994 g/mol. The zero-order valence-corrected chi connectivity index (χ0v) is 42.8. The second-order valence-electron chi connectivity index (χ2n) is 22.3. The number of likely N-dealkylation sites (tertiary alicyclic amines) is 2. The highest BCUT2D eigenvalue weighted by Gasteiger charge is 2.46. The maximum atomic E-state index is 14.4. The molecule has 18 heteroatoms. The van der Waals surface area contributed by atoms with Gasteiger partial charge in [0.1, 0.15) is 17.8 Å². The lowest BCUT2D eigenvalue weighted by Crippen LogP contribution is -2.58. The lowest BCUT2D eigenvalue weighted by atomic mass is 9.81. The van der Waals surface area contributed by atoms with E-state index in [2.05, 4.69) is 45.7 Å². The van der Waals surface area contributed by atoms with Crippen LogP contribution in [0.3, 0.4) is 0 Å². The van der Waals surface area contributed by atoms with Crippen molar-refractivity contribution in [2.24, 2.45) is 11.3 Å². The predicted molar refractivity (Wildman–Crippen MR) is 279 cm³/mol. The topological polar surface area (TPSA) is 235 Å². The van der Waals surface area contributed by atoms with E-state index < -0.39 is 23.6 Å². The highest BCUT2D eigenvalue weighted by Crippen LogP contribution is 2.40. The van der Waals surface area contributed by atoms with Crippen LogP contribution in [0.15, 0.2) is 67.0 Å². The number of fused-ring (bicyclic) bond motifs is 2. The van der Waals surface area contributed by atoms with Gasteiger partial charge in [0.25, 0.3) is 0 Å². The number of phenolic OH excluding ortho intramolecular Hbond substituents is 1. The molecule has 5 atom stereocenters. The van der Waals surface area contributed by atoms with Gasteiger partial charge in [-0.25, -0.2) is 9.97 Å². The minimum atomic E-state index is -0.861. The van der Waals surface area contributed by atoms with Crippen LogP contribution in [0.5, 0.6) is 5.75 Å². The average molecular weight is 994 g/mol. The van der Waals surface area contributed by atoms with Crippen LogP contribution in [0.4, 0.5) is 17.5 Å². The van der Waals surface area contributed by atoms with Gasteiger partial charge in [-0.2, -0.15) is 5.10 Å². The molecule has 73 heavy (non-hydrogen) atoms. The fraction of sp³-hybridized carbons (Fsp3) is 0.527. The first kappa shape index (κ1) is 49.9. The number of hydrogen-bond acceptors (Lipinski definition) is 14. The minimum Gasteiger partial charge on any atom is -0.507 e. The highest BCUT2D eigenvalue weighted by atomic mass is 16.3. The Morgan fingerprint density at radius 2 is 1.52 bits per heavy atom. The van der Waals surface area contributed by atoms with Gasteiger partial charge < -0.3 is 46.2 Å². The molecule has 386 valence electrons. The first-order valence-corrected chi connectivity index (χ1v) is 26.3. The van der Waals surface area contributed by atoms with Crippen molar-refractivity contribution in [3.63, 3.8) is 0 Å². The minimum absolute atomic E-state index is 0.0325. The van der Waals surface area contributed by atoms with E-state index in [1.54, 1.807) is 12.1 Å². The molecule has 5 aromatic rings. The molecule has 2 bridgehead atoms. The zero-order valence-electron chi connectivity index (χ0n) is 42.8. The van der Waals surface area contributed by atoms with E-state index in [0.29, 0.717) is 29.0 Å². The second-order valence-corrected chi connectivity index (χ2v) is 22.3. The van der Waals surface area contributed by atoms with E-state index in [1.165, 1.54) is 10.5 Å². The van der Waals surface area contributed by atoms with Crippen LogP contribution in [0, 0.1) is 25.2 Å². The van der Waals surface area contributed by atoms with Gasteiger partial charge in [0.2, 0.25) is 23.7 Å². The van der Waals surface area contributed by atoms with Crippen molar-refractivity contribution in [1.82, 2.24) is 50.8 Å². The molecule has 10 rings (SSSR count). The molecule has 7 N–H and O–H groups in total. The summed E-state index contributed by atoms with van der Waals surface area (Å²) in [5.41, 5.74) is 13.9. The summed E-state index contributed by atoms with van der Waals surface area (Å²) < 4.78 is 0. The molecule has 4 aliphatic heterocycles. The van der Waals surface area contributed by atoms with Crippen LogP contribution < -0.4 is 26.2 Å². The summed E-state index contributed by atoms with van der Waals surface area (Å²) in [5, 5.41) is 43.2. The third-order valence-corrected chi connectivity index (χ3v) is 16.4. The fourth-order valence-electron chi connectivity index (χ4n) is 12.3. The summed E-state index contributed by atoms with van der Waals surface area (Å²) in [6.07, 6.45) is 10.8. The number of aromatic amines is 1. The molecule has 5 aliphatic rings. The first-order chi connectivity index (χ1) is 35.1. The van der Waals surface area contributed by atoms with Gasteiger partial charge in [-0.3, -0.25) is 19.5 Å². The summed E-state index contributed by atoms with van der Waals surface area (Å²) in [5.74, 6) is 0.688. The van der Waals surface area contributed by atoms with Crippen LogP contribution in [0.25, 0.3) is 22.4 Å². The Kier molecular flexibility index (Phi) is 14.1. The number of aliphatic hydroxyl groups is 1. The number of carbonyl (C=O) groups excluding carboxylic acids is 3. The number of aromatic nitrogens is 6. The SMILES string of the molecule is Cc1n[nH]c(C)c1-c1ccc(CNC(=O)[C@@H]2C[C@@H](O)CN2C(=O)[C@@H](NC(=O)[C@H]2CC[C@@H](N3CCC(c4cnc(N5C6CCC5CN(c5cc(-c7ccccc7O)nnc5N)C6)nc4)CC3)CC2)C(C)(C)C)cc1. The summed E-state index contributed by atoms with van der Waals surface area (Å²) >= 11 is 0. The Morgan fingerprint density at radius 3 is 2.16 bits per heavy atom. The van der Waals surface area contributed by atoms with Crippen LogP contribution in [0.2, 0.25) is 0 Å². The lowest BCUT2D eigenvalue weighted by Gasteiger charge is -2.42. The number of nitrogen functional groups attached to an aromatic ring is 1. The van der Waals surface area contributed by atoms with E-state index in [4.69, 9.17) is 15.7 Å². The van der Waals surface area contributed by atoms with Crippen molar-refractivity contribution in [1.29, 1.82) is 0 Å². The van der Waals surface area contributed by atoms with Crippen LogP contribution in [-0.4, -0.2) is 137 Å². The molecule has 2 unspecified atom stereocenters. The highest BCUT2D eigenvalue weighted by molar-refractivity contribution is 5.93. The number of carbonyl (C=O) groups is 3. The van der Waals surface area contributed by atoms with Crippen molar-refractivity contribution in [2.45, 2.75) is 141 Å². The van der Waals surface area contributed by atoms with Crippen molar-refractivity contribution in [2.75, 3.05) is 48.3 Å². The number of aliphatic hydroxyl groups excluding tert-OH is 1. The van der Waals surface area contributed by atoms with E-state index in [1.807, 2.05) is 89.5 Å². The van der Waals surface area contributed by atoms with Crippen molar-refractivity contribution < 1.29 is 24.6 Å². The van der Waals surface area contributed by atoms with E-state index in [0.717, 1.165) is 117 Å². The van der Waals surface area contributed by atoms with Gasteiger partial charge in [0.05, 0.1) is 23.2 Å². The molecule has 18 nitrogen and oxygen atoms in total. The standard InChI is InChI=1S/C55H71N13O5/c1-32-48(33(2)62-61-32)36-12-10-34(11-13-36)26-57-52(72)46-24-42(69)31-67(46)53(73)49(55(3,4)5)60-51(71)37-14-16-39(17-15-37)65-22-20-35(21-23-65)38-27-58-54(59-28-38)68-40-18-19-41(68)30-66(29-40)45-25-44(63-64-50(45)56)43-8-6-7-9-47(43)70/h6-13,25,27-28,35,37,39-42,46,49,69-70H,14-24,26,29-31H2,1-5H3,(H2,56,64)(H,57,72)(H,60,71)(H,61,62)/t37-,39+,40?,41?,42-,46+,49-/m1/s1. The lowest BCUT2D eigenvalue weighted by molar-refractivity contribution is -0.144. The Balaban J connectivity index is 0.686. The number of nitrogens with one attached hydrogen (secondary N) is 3. The Bertz CT molecular complexity index is 2750. The van der Waals surface area contributed by atoms with Crippen molar-refractivity contribution in [3.05, 3.63) is 89.5 Å². The largest absolute Gasteiger partial charge is 0.507 e. The Morgan fingerprint density at radius 1 is 0.849 bits per heavy atom. The number of rotatable bonds is 12.